The highest BCUT2D eigenvalue weighted by molar-refractivity contribution is 9.10. The minimum absolute atomic E-state index is 0.0359. The molecule has 0 aliphatic heterocycles. The lowest BCUT2D eigenvalue weighted by Crippen LogP contribution is -2.29. The summed E-state index contributed by atoms with van der Waals surface area (Å²) in [5.41, 5.74) is 3.51. The van der Waals surface area contributed by atoms with Crippen molar-refractivity contribution in [1.29, 1.82) is 0 Å². The molecule has 2 heterocycles. The first-order valence-corrected chi connectivity index (χ1v) is 10.5. The molecule has 0 radical (unpaired) electrons. The van der Waals surface area contributed by atoms with Crippen LogP contribution in [0.25, 0.3) is 20.7 Å². The summed E-state index contributed by atoms with van der Waals surface area (Å²) in [6.45, 7) is -0.222. The SMILES string of the molecule is O=C(Cn1cnc2sc(-c3ccccc3)cc2c1=O)NN=Cc1cc(Br)ccc1O. The van der Waals surface area contributed by atoms with Gasteiger partial charge in [-0.25, -0.2) is 10.4 Å². The summed E-state index contributed by atoms with van der Waals surface area (Å²) < 4.78 is 2.01. The second-order valence-electron chi connectivity index (χ2n) is 6.37. The van der Waals surface area contributed by atoms with Gasteiger partial charge in [-0.2, -0.15) is 5.10 Å². The Morgan fingerprint density at radius 1 is 1.23 bits per heavy atom. The molecule has 1 amide bonds. The molecule has 2 aromatic heterocycles. The van der Waals surface area contributed by atoms with Crippen LogP contribution in [-0.2, 0) is 11.3 Å². The summed E-state index contributed by atoms with van der Waals surface area (Å²) >= 11 is 4.73. The quantitative estimate of drug-likeness (QED) is 0.334. The van der Waals surface area contributed by atoms with Gasteiger partial charge >= 0.3 is 0 Å². The van der Waals surface area contributed by atoms with E-state index in [0.29, 0.717) is 15.8 Å². The Kier molecular flexibility index (Phi) is 5.73. The molecular weight excluding hydrogens is 468 g/mol. The van der Waals surface area contributed by atoms with Gasteiger partial charge in [0, 0.05) is 14.9 Å². The predicted octanol–water partition coefficient (Wildman–Crippen LogP) is 3.74. The molecule has 2 aromatic carbocycles. The molecule has 4 rings (SSSR count). The zero-order chi connectivity index (χ0) is 21.1. The Labute approximate surface area is 183 Å². The average Bonchev–Trinajstić information content (AvgIpc) is 3.19. The number of aromatic hydroxyl groups is 1. The third-order valence-electron chi connectivity index (χ3n) is 4.27. The molecule has 9 heteroatoms. The van der Waals surface area contributed by atoms with Crippen LogP contribution in [0.2, 0.25) is 0 Å². The summed E-state index contributed by atoms with van der Waals surface area (Å²) in [5, 5.41) is 14.1. The number of rotatable bonds is 5. The highest BCUT2D eigenvalue weighted by Gasteiger charge is 2.12. The molecular formula is C21H15BrN4O3S. The van der Waals surface area contributed by atoms with Crippen LogP contribution >= 0.6 is 27.3 Å². The third kappa shape index (κ3) is 4.32. The molecule has 0 fully saturated rings. The number of hydrazone groups is 1. The molecule has 150 valence electrons. The minimum Gasteiger partial charge on any atom is -0.507 e. The van der Waals surface area contributed by atoms with E-state index in [1.165, 1.54) is 34.5 Å². The van der Waals surface area contributed by atoms with Crippen molar-refractivity contribution in [1.82, 2.24) is 15.0 Å². The first-order chi connectivity index (χ1) is 14.5. The van der Waals surface area contributed by atoms with Gasteiger partial charge in [-0.05, 0) is 29.8 Å². The molecule has 0 bridgehead atoms. The molecule has 2 N–H and O–H groups in total. The highest BCUT2D eigenvalue weighted by atomic mass is 79.9. The number of amides is 1. The van der Waals surface area contributed by atoms with E-state index in [1.54, 1.807) is 18.2 Å². The van der Waals surface area contributed by atoms with E-state index in [-0.39, 0.29) is 17.9 Å². The van der Waals surface area contributed by atoms with E-state index < -0.39 is 5.91 Å². The van der Waals surface area contributed by atoms with Gasteiger partial charge in [-0.3, -0.25) is 14.2 Å². The lowest BCUT2D eigenvalue weighted by molar-refractivity contribution is -0.121. The summed E-state index contributed by atoms with van der Waals surface area (Å²) in [7, 11) is 0. The Morgan fingerprint density at radius 2 is 2.03 bits per heavy atom. The fourth-order valence-electron chi connectivity index (χ4n) is 2.81. The number of thiophene rings is 1. The van der Waals surface area contributed by atoms with E-state index >= 15 is 0 Å². The summed E-state index contributed by atoms with van der Waals surface area (Å²) in [6, 6.07) is 16.4. The molecule has 0 unspecified atom stereocenters. The van der Waals surface area contributed by atoms with Gasteiger partial charge in [0.1, 0.15) is 17.1 Å². The Hall–Kier alpha value is -3.30. The molecule has 0 saturated heterocycles. The number of aromatic nitrogens is 2. The molecule has 7 nitrogen and oxygen atoms in total. The monoisotopic (exact) mass is 482 g/mol. The van der Waals surface area contributed by atoms with Crippen molar-refractivity contribution in [3.8, 4) is 16.2 Å². The summed E-state index contributed by atoms with van der Waals surface area (Å²) in [5.74, 6) is -0.448. The number of hydrogen-bond acceptors (Lipinski definition) is 6. The number of nitrogens with one attached hydrogen (secondary N) is 1. The first-order valence-electron chi connectivity index (χ1n) is 8.86. The van der Waals surface area contributed by atoms with E-state index in [4.69, 9.17) is 0 Å². The largest absolute Gasteiger partial charge is 0.507 e. The van der Waals surface area contributed by atoms with Crippen molar-refractivity contribution in [2.45, 2.75) is 6.54 Å². The van der Waals surface area contributed by atoms with Crippen molar-refractivity contribution >= 4 is 49.6 Å². The van der Waals surface area contributed by atoms with Crippen LogP contribution in [0.15, 0.2) is 75.3 Å². The lowest BCUT2D eigenvalue weighted by Gasteiger charge is -2.04. The fraction of sp³-hybridized carbons (Fsp3) is 0.0476. The van der Waals surface area contributed by atoms with Gasteiger partial charge in [0.05, 0.1) is 17.9 Å². The van der Waals surface area contributed by atoms with Crippen molar-refractivity contribution in [3.05, 3.63) is 81.3 Å². The average molecular weight is 483 g/mol. The number of fused-ring (bicyclic) bond motifs is 1. The van der Waals surface area contributed by atoms with Crippen LogP contribution < -0.4 is 11.0 Å². The van der Waals surface area contributed by atoms with Gasteiger partial charge in [0.25, 0.3) is 11.5 Å². The number of hydrogen-bond donors (Lipinski definition) is 2. The van der Waals surface area contributed by atoms with Crippen LogP contribution in [0.3, 0.4) is 0 Å². The smallest absolute Gasteiger partial charge is 0.262 e. The first kappa shape index (κ1) is 20.0. The highest BCUT2D eigenvalue weighted by Crippen LogP contribution is 2.30. The van der Waals surface area contributed by atoms with Crippen molar-refractivity contribution in [2.75, 3.05) is 0 Å². The predicted molar refractivity (Wildman–Crippen MR) is 121 cm³/mol. The fourth-order valence-corrected chi connectivity index (χ4v) is 4.18. The van der Waals surface area contributed by atoms with E-state index in [0.717, 1.165) is 14.9 Å². The Balaban J connectivity index is 1.50. The van der Waals surface area contributed by atoms with Gasteiger partial charge in [-0.1, -0.05) is 46.3 Å². The zero-order valence-corrected chi connectivity index (χ0v) is 17.9. The second kappa shape index (κ2) is 8.60. The van der Waals surface area contributed by atoms with Gasteiger partial charge < -0.3 is 5.11 Å². The number of phenols is 1. The zero-order valence-electron chi connectivity index (χ0n) is 15.4. The maximum Gasteiger partial charge on any atom is 0.262 e. The van der Waals surface area contributed by atoms with Gasteiger partial charge in [-0.15, -0.1) is 11.3 Å². The molecule has 30 heavy (non-hydrogen) atoms. The molecule has 0 aliphatic carbocycles. The van der Waals surface area contributed by atoms with Crippen molar-refractivity contribution in [2.24, 2.45) is 5.10 Å². The van der Waals surface area contributed by atoms with Gasteiger partial charge in [0.15, 0.2) is 0 Å². The number of nitrogens with zero attached hydrogens (tertiary/aromatic N) is 3. The Bertz CT molecular complexity index is 1320. The lowest BCUT2D eigenvalue weighted by atomic mass is 10.2. The summed E-state index contributed by atoms with van der Waals surface area (Å²) in [4.78, 5) is 30.8. The van der Waals surface area contributed by atoms with E-state index in [2.05, 4.69) is 31.4 Å². The molecule has 0 aliphatic rings. The normalized spacial score (nSPS) is 11.2. The van der Waals surface area contributed by atoms with Crippen LogP contribution in [0.5, 0.6) is 5.75 Å². The number of phenolic OH excluding ortho intramolecular Hbond substituents is 1. The maximum absolute atomic E-state index is 12.8. The van der Waals surface area contributed by atoms with E-state index in [1.807, 2.05) is 30.3 Å². The van der Waals surface area contributed by atoms with Crippen LogP contribution in [-0.4, -0.2) is 26.8 Å². The minimum atomic E-state index is -0.484. The number of carbonyl (C=O) groups is 1. The van der Waals surface area contributed by atoms with Crippen molar-refractivity contribution in [3.63, 3.8) is 0 Å². The van der Waals surface area contributed by atoms with Crippen molar-refractivity contribution < 1.29 is 9.90 Å². The van der Waals surface area contributed by atoms with Crippen LogP contribution in [0, 0.1) is 0 Å². The standard InChI is InChI=1S/C21H15BrN4O3S/c22-15-6-7-17(27)14(8-15)10-24-25-19(28)11-26-12-23-20-16(21(26)29)9-18(30-20)13-4-2-1-3-5-13/h1-10,12,27H,11H2,(H,25,28). The molecule has 4 aromatic rings. The maximum atomic E-state index is 12.8. The van der Waals surface area contributed by atoms with Crippen LogP contribution in [0.1, 0.15) is 5.56 Å². The number of benzene rings is 2. The Morgan fingerprint density at radius 3 is 2.83 bits per heavy atom. The summed E-state index contributed by atoms with van der Waals surface area (Å²) in [6.07, 6.45) is 2.69. The topological polar surface area (TPSA) is 96.6 Å². The van der Waals surface area contributed by atoms with Crippen LogP contribution in [0.4, 0.5) is 0 Å². The number of halogens is 1. The van der Waals surface area contributed by atoms with E-state index in [9.17, 15) is 14.7 Å². The molecule has 0 spiro atoms. The van der Waals surface area contributed by atoms with Gasteiger partial charge in [0.2, 0.25) is 0 Å². The third-order valence-corrected chi connectivity index (χ3v) is 5.86. The molecule has 0 saturated carbocycles. The molecule has 0 atom stereocenters. The number of carbonyl (C=O) groups excluding carboxylic acids is 1. The second-order valence-corrected chi connectivity index (χ2v) is 8.32.